The highest BCUT2D eigenvalue weighted by Gasteiger charge is 2.26. The molecular formula is C18H21FN4O2. The minimum absolute atomic E-state index is 0.0683. The molecule has 0 saturated carbocycles. The van der Waals surface area contributed by atoms with E-state index in [4.69, 9.17) is 4.74 Å². The molecule has 25 heavy (non-hydrogen) atoms. The number of rotatable bonds is 5. The van der Waals surface area contributed by atoms with Crippen LogP contribution in [0.2, 0.25) is 0 Å². The van der Waals surface area contributed by atoms with Crippen molar-refractivity contribution in [3.05, 3.63) is 42.5 Å². The zero-order valence-electron chi connectivity index (χ0n) is 14.1. The highest BCUT2D eigenvalue weighted by molar-refractivity contribution is 5.94. The van der Waals surface area contributed by atoms with E-state index in [0.717, 1.165) is 25.9 Å². The highest BCUT2D eigenvalue weighted by atomic mass is 19.1. The normalized spacial score (nSPS) is 15.0. The van der Waals surface area contributed by atoms with Crippen LogP contribution in [-0.4, -0.2) is 35.6 Å². The van der Waals surface area contributed by atoms with Crippen LogP contribution < -0.4 is 15.0 Å². The maximum atomic E-state index is 13.4. The smallest absolute Gasteiger partial charge is 0.227 e. The summed E-state index contributed by atoms with van der Waals surface area (Å²) >= 11 is 0. The summed E-state index contributed by atoms with van der Waals surface area (Å²) in [7, 11) is 0. The Morgan fingerprint density at radius 2 is 2.04 bits per heavy atom. The second-order valence-electron chi connectivity index (χ2n) is 5.87. The average Bonchev–Trinajstić information content (AvgIpc) is 2.65. The van der Waals surface area contributed by atoms with E-state index in [9.17, 15) is 9.18 Å². The van der Waals surface area contributed by atoms with Crippen LogP contribution in [0.5, 0.6) is 5.75 Å². The number of aromatic nitrogens is 2. The molecule has 0 atom stereocenters. The Bertz CT molecular complexity index is 718. The predicted molar refractivity (Wildman–Crippen MR) is 93.2 cm³/mol. The lowest BCUT2D eigenvalue weighted by atomic mass is 9.96. The zero-order valence-corrected chi connectivity index (χ0v) is 14.1. The average molecular weight is 344 g/mol. The van der Waals surface area contributed by atoms with Crippen LogP contribution in [-0.2, 0) is 4.79 Å². The number of carbonyl (C=O) groups is 1. The molecule has 1 fully saturated rings. The van der Waals surface area contributed by atoms with Crippen molar-refractivity contribution in [2.24, 2.45) is 5.92 Å². The van der Waals surface area contributed by atoms with Gasteiger partial charge >= 0.3 is 0 Å². The number of anilines is 2. The van der Waals surface area contributed by atoms with E-state index in [1.54, 1.807) is 18.5 Å². The summed E-state index contributed by atoms with van der Waals surface area (Å²) in [6.45, 7) is 3.67. The predicted octanol–water partition coefficient (Wildman–Crippen LogP) is 2.87. The number of benzene rings is 1. The van der Waals surface area contributed by atoms with Crippen LogP contribution in [0.4, 0.5) is 16.0 Å². The molecule has 1 N–H and O–H groups in total. The molecule has 3 rings (SSSR count). The maximum Gasteiger partial charge on any atom is 0.227 e. The van der Waals surface area contributed by atoms with Crippen LogP contribution >= 0.6 is 0 Å². The number of amides is 1. The molecule has 0 spiro atoms. The molecule has 7 heteroatoms. The fraction of sp³-hybridized carbons (Fsp3) is 0.389. The molecule has 2 aromatic rings. The van der Waals surface area contributed by atoms with Crippen molar-refractivity contribution in [1.29, 1.82) is 0 Å². The fourth-order valence-electron chi connectivity index (χ4n) is 2.91. The monoisotopic (exact) mass is 344 g/mol. The SMILES string of the molecule is CCOc1cc(F)ccc1NC(=O)C1CCN(c2ncccn2)CC1. The van der Waals surface area contributed by atoms with Gasteiger partial charge in [0.05, 0.1) is 12.3 Å². The van der Waals surface area contributed by atoms with Gasteiger partial charge in [-0.1, -0.05) is 0 Å². The van der Waals surface area contributed by atoms with Crippen LogP contribution in [0.1, 0.15) is 19.8 Å². The quantitative estimate of drug-likeness (QED) is 0.903. The van der Waals surface area contributed by atoms with Crippen LogP contribution in [0, 0.1) is 11.7 Å². The van der Waals surface area contributed by atoms with Gasteiger partial charge in [-0.15, -0.1) is 0 Å². The van der Waals surface area contributed by atoms with E-state index in [1.165, 1.54) is 18.2 Å². The summed E-state index contributed by atoms with van der Waals surface area (Å²) in [5.41, 5.74) is 0.502. The molecule has 2 heterocycles. The topological polar surface area (TPSA) is 67.3 Å². The van der Waals surface area contributed by atoms with Crippen LogP contribution in [0.3, 0.4) is 0 Å². The summed E-state index contributed by atoms with van der Waals surface area (Å²) in [4.78, 5) is 23.1. The van der Waals surface area contributed by atoms with Gasteiger partial charge in [0.15, 0.2) is 0 Å². The van der Waals surface area contributed by atoms with Crippen molar-refractivity contribution >= 4 is 17.5 Å². The third-order valence-corrected chi connectivity index (χ3v) is 4.20. The van der Waals surface area contributed by atoms with Crippen molar-refractivity contribution in [3.8, 4) is 5.75 Å². The molecule has 0 bridgehead atoms. The number of nitrogens with one attached hydrogen (secondary N) is 1. The minimum Gasteiger partial charge on any atom is -0.492 e. The lowest BCUT2D eigenvalue weighted by Gasteiger charge is -2.31. The van der Waals surface area contributed by atoms with E-state index in [1.807, 2.05) is 6.92 Å². The first-order chi connectivity index (χ1) is 12.2. The number of piperidine rings is 1. The summed E-state index contributed by atoms with van der Waals surface area (Å²) in [5.74, 6) is 0.489. The lowest BCUT2D eigenvalue weighted by molar-refractivity contribution is -0.120. The highest BCUT2D eigenvalue weighted by Crippen LogP contribution is 2.28. The van der Waals surface area contributed by atoms with E-state index in [2.05, 4.69) is 20.2 Å². The first kappa shape index (κ1) is 17.1. The summed E-state index contributed by atoms with van der Waals surface area (Å²) in [6, 6.07) is 5.91. The molecule has 0 radical (unpaired) electrons. The summed E-state index contributed by atoms with van der Waals surface area (Å²) < 4.78 is 18.8. The second-order valence-corrected chi connectivity index (χ2v) is 5.87. The van der Waals surface area contributed by atoms with Gasteiger partial charge in [-0.3, -0.25) is 4.79 Å². The van der Waals surface area contributed by atoms with Gasteiger partial charge in [0, 0.05) is 37.5 Å². The molecule has 1 aromatic heterocycles. The van der Waals surface area contributed by atoms with Crippen LogP contribution in [0.15, 0.2) is 36.7 Å². The first-order valence-corrected chi connectivity index (χ1v) is 8.42. The lowest BCUT2D eigenvalue weighted by Crippen LogP contribution is -2.39. The van der Waals surface area contributed by atoms with Crippen molar-refractivity contribution in [1.82, 2.24) is 9.97 Å². The Morgan fingerprint density at radius 3 is 2.72 bits per heavy atom. The Hall–Kier alpha value is -2.70. The number of ether oxygens (including phenoxy) is 1. The van der Waals surface area contributed by atoms with Gasteiger partial charge in [0.25, 0.3) is 0 Å². The fourth-order valence-corrected chi connectivity index (χ4v) is 2.91. The Balaban J connectivity index is 1.60. The van der Waals surface area contributed by atoms with E-state index >= 15 is 0 Å². The standard InChI is InChI=1S/C18H21FN4O2/c1-2-25-16-12-14(19)4-5-15(16)22-17(24)13-6-10-23(11-7-13)18-20-8-3-9-21-18/h3-5,8-9,12-13H,2,6-7,10-11H2,1H3,(H,22,24). The molecular weight excluding hydrogens is 323 g/mol. The molecule has 1 aromatic carbocycles. The van der Waals surface area contributed by atoms with Gasteiger partial charge in [-0.05, 0) is 38.0 Å². The van der Waals surface area contributed by atoms with Crippen molar-refractivity contribution in [2.45, 2.75) is 19.8 Å². The van der Waals surface area contributed by atoms with Crippen molar-refractivity contribution in [2.75, 3.05) is 29.9 Å². The third-order valence-electron chi connectivity index (χ3n) is 4.20. The van der Waals surface area contributed by atoms with Gasteiger partial charge < -0.3 is 15.0 Å². The van der Waals surface area contributed by atoms with Crippen molar-refractivity contribution < 1.29 is 13.9 Å². The molecule has 1 aliphatic heterocycles. The molecule has 132 valence electrons. The van der Waals surface area contributed by atoms with Gasteiger partial charge in [0.2, 0.25) is 11.9 Å². The molecule has 1 saturated heterocycles. The molecule has 0 aliphatic carbocycles. The zero-order chi connectivity index (χ0) is 17.6. The minimum atomic E-state index is -0.391. The van der Waals surface area contributed by atoms with E-state index in [-0.39, 0.29) is 11.8 Å². The van der Waals surface area contributed by atoms with E-state index < -0.39 is 5.82 Å². The summed E-state index contributed by atoms with van der Waals surface area (Å²) in [5, 5.41) is 2.87. The number of carbonyl (C=O) groups excluding carboxylic acids is 1. The molecule has 0 unspecified atom stereocenters. The third kappa shape index (κ3) is 4.23. The first-order valence-electron chi connectivity index (χ1n) is 8.42. The second kappa shape index (κ2) is 7.92. The van der Waals surface area contributed by atoms with Gasteiger partial charge in [0.1, 0.15) is 11.6 Å². The maximum absolute atomic E-state index is 13.4. The Morgan fingerprint density at radius 1 is 1.32 bits per heavy atom. The largest absolute Gasteiger partial charge is 0.492 e. The number of hydrogen-bond donors (Lipinski definition) is 1. The van der Waals surface area contributed by atoms with E-state index in [0.29, 0.717) is 24.0 Å². The number of halogens is 1. The molecule has 1 amide bonds. The van der Waals surface area contributed by atoms with Gasteiger partial charge in [-0.25, -0.2) is 14.4 Å². The van der Waals surface area contributed by atoms with Gasteiger partial charge in [-0.2, -0.15) is 0 Å². The summed E-state index contributed by atoms with van der Waals surface area (Å²) in [6.07, 6.45) is 4.86. The molecule has 1 aliphatic rings. The van der Waals surface area contributed by atoms with Crippen molar-refractivity contribution in [3.63, 3.8) is 0 Å². The molecule has 6 nitrogen and oxygen atoms in total. The number of nitrogens with zero attached hydrogens (tertiary/aromatic N) is 3. The Kier molecular flexibility index (Phi) is 5.42. The Labute approximate surface area is 146 Å². The van der Waals surface area contributed by atoms with Crippen LogP contribution in [0.25, 0.3) is 0 Å². The number of hydrogen-bond acceptors (Lipinski definition) is 5.